The normalized spacial score (nSPS) is 24.4. The minimum absolute atomic E-state index is 0.139. The van der Waals surface area contributed by atoms with E-state index in [0.717, 1.165) is 6.42 Å². The molecule has 0 saturated carbocycles. The molecular weight excluding hydrogens is 140 g/mol. The summed E-state index contributed by atoms with van der Waals surface area (Å²) >= 11 is 0. The van der Waals surface area contributed by atoms with Crippen LogP contribution in [0.4, 0.5) is 0 Å². The van der Waals surface area contributed by atoms with Gasteiger partial charge in [0, 0.05) is 0 Å². The van der Waals surface area contributed by atoms with E-state index in [2.05, 4.69) is 4.18 Å². The van der Waals surface area contributed by atoms with Crippen LogP contribution in [0.3, 0.4) is 0 Å². The molecule has 0 radical (unpaired) electrons. The number of allylic oxidation sites excluding steroid dienone is 1. The summed E-state index contributed by atoms with van der Waals surface area (Å²) in [5.74, 6) is 0.139. The molecule has 0 unspecified atom stereocenters. The predicted octanol–water partition coefficient (Wildman–Crippen LogP) is 0.640. The maximum Gasteiger partial charge on any atom is 0.308 e. The lowest BCUT2D eigenvalue weighted by Gasteiger charge is -1.95. The van der Waals surface area contributed by atoms with Gasteiger partial charge in [0.2, 0.25) is 0 Å². The molecule has 0 amide bonds. The molecule has 1 rings (SSSR count). The first-order valence-electron chi connectivity index (χ1n) is 2.77. The van der Waals surface area contributed by atoms with Crippen LogP contribution in [0.1, 0.15) is 12.8 Å². The maximum atomic E-state index is 10.6. The molecule has 0 aromatic heterocycles. The van der Waals surface area contributed by atoms with Crippen LogP contribution in [0, 0.1) is 0 Å². The Bertz CT molecular complexity index is 202. The smallest absolute Gasteiger partial charge is 0.308 e. The third kappa shape index (κ3) is 2.05. The predicted molar refractivity (Wildman–Crippen MR) is 33.2 cm³/mol. The van der Waals surface area contributed by atoms with E-state index in [-0.39, 0.29) is 5.75 Å². The molecule has 1 heterocycles. The molecule has 0 saturated heterocycles. The third-order valence-corrected chi connectivity index (χ3v) is 2.26. The fourth-order valence-electron chi connectivity index (χ4n) is 0.618. The molecule has 52 valence electrons. The summed E-state index contributed by atoms with van der Waals surface area (Å²) < 4.78 is 25.6. The highest BCUT2D eigenvalue weighted by molar-refractivity contribution is 7.86. The van der Waals surface area contributed by atoms with Crippen molar-refractivity contribution in [1.82, 2.24) is 0 Å². The van der Waals surface area contributed by atoms with Gasteiger partial charge in [0.1, 0.15) is 6.26 Å². The Morgan fingerprint density at radius 1 is 1.44 bits per heavy atom. The summed E-state index contributed by atoms with van der Waals surface area (Å²) in [7, 11) is -3.21. The van der Waals surface area contributed by atoms with Gasteiger partial charge >= 0.3 is 10.1 Å². The van der Waals surface area contributed by atoms with E-state index in [1.165, 1.54) is 6.26 Å². The van der Waals surface area contributed by atoms with Crippen molar-refractivity contribution >= 4 is 10.1 Å². The molecule has 9 heavy (non-hydrogen) atoms. The average Bonchev–Trinajstić information content (AvgIpc) is 1.92. The van der Waals surface area contributed by atoms with Gasteiger partial charge in [-0.2, -0.15) is 8.42 Å². The van der Waals surface area contributed by atoms with E-state index in [4.69, 9.17) is 0 Å². The van der Waals surface area contributed by atoms with Crippen molar-refractivity contribution in [3.8, 4) is 0 Å². The molecule has 0 bridgehead atoms. The fraction of sp³-hybridized carbons (Fsp3) is 0.600. The Labute approximate surface area is 54.5 Å². The van der Waals surface area contributed by atoms with Gasteiger partial charge in [-0.25, -0.2) is 0 Å². The zero-order valence-electron chi connectivity index (χ0n) is 4.91. The van der Waals surface area contributed by atoms with E-state index >= 15 is 0 Å². The van der Waals surface area contributed by atoms with Crippen LogP contribution in [0.2, 0.25) is 0 Å². The van der Waals surface area contributed by atoms with Crippen LogP contribution >= 0.6 is 0 Å². The van der Waals surface area contributed by atoms with Crippen LogP contribution in [0.15, 0.2) is 12.3 Å². The van der Waals surface area contributed by atoms with E-state index < -0.39 is 10.1 Å². The zero-order valence-corrected chi connectivity index (χ0v) is 5.73. The number of rotatable bonds is 0. The van der Waals surface area contributed by atoms with Gasteiger partial charge in [-0.3, -0.25) is 0 Å². The molecule has 0 N–H and O–H groups in total. The lowest BCUT2D eigenvalue weighted by Crippen LogP contribution is -2.04. The fourth-order valence-corrected chi connectivity index (χ4v) is 1.48. The van der Waals surface area contributed by atoms with Crippen molar-refractivity contribution in [2.75, 3.05) is 5.75 Å². The van der Waals surface area contributed by atoms with Crippen LogP contribution in [0.25, 0.3) is 0 Å². The lowest BCUT2D eigenvalue weighted by molar-refractivity contribution is 0.446. The van der Waals surface area contributed by atoms with E-state index in [0.29, 0.717) is 6.42 Å². The first-order chi connectivity index (χ1) is 4.21. The van der Waals surface area contributed by atoms with Crippen LogP contribution < -0.4 is 0 Å². The molecule has 0 aromatic rings. The summed E-state index contributed by atoms with van der Waals surface area (Å²) in [4.78, 5) is 0. The number of hydrogen-bond donors (Lipinski definition) is 0. The lowest BCUT2D eigenvalue weighted by atomic mass is 10.3. The monoisotopic (exact) mass is 148 g/mol. The van der Waals surface area contributed by atoms with Crippen molar-refractivity contribution in [3.63, 3.8) is 0 Å². The van der Waals surface area contributed by atoms with E-state index in [9.17, 15) is 8.42 Å². The highest BCUT2D eigenvalue weighted by atomic mass is 32.2. The Morgan fingerprint density at radius 3 is 3.00 bits per heavy atom. The first kappa shape index (κ1) is 6.61. The molecule has 4 heteroatoms. The first-order valence-corrected chi connectivity index (χ1v) is 4.34. The standard InChI is InChI=1S/C5H8O3S/c6-9(7)5-3-1-2-4-8-9/h2,4H,1,3,5H2. The summed E-state index contributed by atoms with van der Waals surface area (Å²) in [6, 6.07) is 0. The molecule has 1 aliphatic heterocycles. The second kappa shape index (κ2) is 2.39. The Kier molecular flexibility index (Phi) is 1.75. The molecule has 0 spiro atoms. The molecule has 0 atom stereocenters. The van der Waals surface area contributed by atoms with Crippen molar-refractivity contribution in [2.24, 2.45) is 0 Å². The highest BCUT2D eigenvalue weighted by Crippen LogP contribution is 2.05. The molecule has 1 aliphatic rings. The van der Waals surface area contributed by atoms with Gasteiger partial charge in [0.15, 0.2) is 0 Å². The second-order valence-corrected chi connectivity index (χ2v) is 3.59. The van der Waals surface area contributed by atoms with Crippen LogP contribution in [-0.2, 0) is 14.3 Å². The van der Waals surface area contributed by atoms with Gasteiger partial charge in [0.25, 0.3) is 0 Å². The van der Waals surface area contributed by atoms with Crippen molar-refractivity contribution in [3.05, 3.63) is 12.3 Å². The quantitative estimate of drug-likeness (QED) is 0.473. The SMILES string of the molecule is O=S1(=O)CCCC=CO1. The molecule has 3 nitrogen and oxygen atoms in total. The summed E-state index contributed by atoms with van der Waals surface area (Å²) in [5, 5.41) is 0. The highest BCUT2D eigenvalue weighted by Gasteiger charge is 2.10. The molecular formula is C5H8O3S. The summed E-state index contributed by atoms with van der Waals surface area (Å²) in [5.41, 5.74) is 0. The Balaban J connectivity index is 2.70. The summed E-state index contributed by atoms with van der Waals surface area (Å²) in [6.07, 6.45) is 4.41. The molecule has 0 aliphatic carbocycles. The van der Waals surface area contributed by atoms with Crippen molar-refractivity contribution in [2.45, 2.75) is 12.8 Å². The average molecular weight is 148 g/mol. The second-order valence-electron chi connectivity index (χ2n) is 1.87. The van der Waals surface area contributed by atoms with Crippen LogP contribution in [-0.4, -0.2) is 14.2 Å². The third-order valence-electron chi connectivity index (χ3n) is 1.06. The minimum Gasteiger partial charge on any atom is -0.391 e. The van der Waals surface area contributed by atoms with Gasteiger partial charge < -0.3 is 4.18 Å². The summed E-state index contributed by atoms with van der Waals surface area (Å²) in [6.45, 7) is 0. The largest absolute Gasteiger partial charge is 0.391 e. The molecule has 0 aromatic carbocycles. The molecule has 0 fully saturated rings. The van der Waals surface area contributed by atoms with Crippen molar-refractivity contribution in [1.29, 1.82) is 0 Å². The topological polar surface area (TPSA) is 43.4 Å². The van der Waals surface area contributed by atoms with Gasteiger partial charge in [-0.15, -0.1) is 0 Å². The van der Waals surface area contributed by atoms with Gasteiger partial charge in [-0.05, 0) is 18.9 Å². The van der Waals surface area contributed by atoms with Gasteiger partial charge in [-0.1, -0.05) is 0 Å². The van der Waals surface area contributed by atoms with Crippen LogP contribution in [0.5, 0.6) is 0 Å². The van der Waals surface area contributed by atoms with E-state index in [1.54, 1.807) is 6.08 Å². The van der Waals surface area contributed by atoms with Crippen molar-refractivity contribution < 1.29 is 12.6 Å². The maximum absolute atomic E-state index is 10.6. The van der Waals surface area contributed by atoms with Gasteiger partial charge in [0.05, 0.1) is 5.75 Å². The number of hydrogen-bond acceptors (Lipinski definition) is 3. The Hall–Kier alpha value is -0.510. The minimum atomic E-state index is -3.21. The zero-order chi connectivity index (χ0) is 6.74. The van der Waals surface area contributed by atoms with E-state index in [1.807, 2.05) is 0 Å². The Morgan fingerprint density at radius 2 is 2.22 bits per heavy atom.